The molecule has 0 fully saturated rings. The molecule has 1 aliphatic rings. The van der Waals surface area contributed by atoms with Gasteiger partial charge in [-0.3, -0.25) is 4.79 Å². The fourth-order valence-corrected chi connectivity index (χ4v) is 2.52. The number of hydrogen-bond donors (Lipinski definition) is 2. The second-order valence-corrected chi connectivity index (χ2v) is 5.06. The first kappa shape index (κ1) is 12.9. The van der Waals surface area contributed by atoms with Crippen molar-refractivity contribution in [2.45, 2.75) is 39.2 Å². The number of aromatic amines is 1. The van der Waals surface area contributed by atoms with Crippen molar-refractivity contribution in [1.29, 1.82) is 0 Å². The number of hydrogen-bond acceptors (Lipinski definition) is 4. The predicted octanol–water partition coefficient (Wildman–Crippen LogP) is 1.38. The minimum atomic E-state index is 0.00329. The van der Waals surface area contributed by atoms with Crippen LogP contribution >= 0.6 is 0 Å². The number of amides is 1. The number of aryl methyl sites for hydroxylation is 2. The van der Waals surface area contributed by atoms with Gasteiger partial charge in [0.15, 0.2) is 0 Å². The molecule has 0 bridgehead atoms. The number of fused-ring (bicyclic) bond motifs is 1. The van der Waals surface area contributed by atoms with Gasteiger partial charge in [0, 0.05) is 24.5 Å². The summed E-state index contributed by atoms with van der Waals surface area (Å²) in [5, 5.41) is 2.90. The third kappa shape index (κ3) is 2.59. The smallest absolute Gasteiger partial charge is 0.223 e. The van der Waals surface area contributed by atoms with Gasteiger partial charge < -0.3 is 14.7 Å². The maximum Gasteiger partial charge on any atom is 0.223 e. The summed E-state index contributed by atoms with van der Waals surface area (Å²) in [6.07, 6.45) is 6.65. The van der Waals surface area contributed by atoms with Gasteiger partial charge in [0.1, 0.15) is 5.76 Å². The third-order valence-corrected chi connectivity index (χ3v) is 3.72. The van der Waals surface area contributed by atoms with Gasteiger partial charge in [-0.1, -0.05) is 6.92 Å². The fourth-order valence-electron chi connectivity index (χ4n) is 2.52. The van der Waals surface area contributed by atoms with E-state index in [2.05, 4.69) is 20.3 Å². The molecule has 1 amide bonds. The van der Waals surface area contributed by atoms with Crippen molar-refractivity contribution >= 4 is 5.91 Å². The van der Waals surface area contributed by atoms with Crippen molar-refractivity contribution in [3.63, 3.8) is 0 Å². The molecule has 106 valence electrons. The predicted molar refractivity (Wildman–Crippen MR) is 71.8 cm³/mol. The van der Waals surface area contributed by atoms with Crippen LogP contribution in [0.25, 0.3) is 0 Å². The van der Waals surface area contributed by atoms with Crippen LogP contribution in [0.2, 0.25) is 0 Å². The van der Waals surface area contributed by atoms with Crippen LogP contribution in [0.1, 0.15) is 36.4 Å². The molecule has 0 saturated heterocycles. The summed E-state index contributed by atoms with van der Waals surface area (Å²) in [5.41, 5.74) is 2.18. The minimum Gasteiger partial charge on any atom is -0.444 e. The minimum absolute atomic E-state index is 0.00329. The second kappa shape index (κ2) is 5.48. The van der Waals surface area contributed by atoms with Crippen molar-refractivity contribution in [3.05, 3.63) is 35.6 Å². The normalized spacial score (nSPS) is 17.8. The Balaban J connectivity index is 1.55. The van der Waals surface area contributed by atoms with Gasteiger partial charge in [-0.05, 0) is 12.8 Å². The Labute approximate surface area is 117 Å². The highest BCUT2D eigenvalue weighted by Crippen LogP contribution is 2.22. The lowest BCUT2D eigenvalue weighted by Crippen LogP contribution is -2.33. The first-order chi connectivity index (χ1) is 9.76. The van der Waals surface area contributed by atoms with Crippen LogP contribution in [-0.4, -0.2) is 20.9 Å². The molecular formula is C14H18N4O2. The molecule has 0 saturated carbocycles. The van der Waals surface area contributed by atoms with E-state index in [9.17, 15) is 4.79 Å². The number of carbonyl (C=O) groups excluding carboxylic acids is 1. The van der Waals surface area contributed by atoms with E-state index in [-0.39, 0.29) is 11.8 Å². The first-order valence-electron chi connectivity index (χ1n) is 6.98. The highest BCUT2D eigenvalue weighted by atomic mass is 16.4. The summed E-state index contributed by atoms with van der Waals surface area (Å²) in [7, 11) is 0. The Morgan fingerprint density at radius 1 is 1.55 bits per heavy atom. The molecular weight excluding hydrogens is 256 g/mol. The van der Waals surface area contributed by atoms with Crippen LogP contribution in [0.3, 0.4) is 0 Å². The van der Waals surface area contributed by atoms with Crippen LogP contribution in [0.5, 0.6) is 0 Å². The molecule has 1 atom stereocenters. The molecule has 1 aliphatic carbocycles. The van der Waals surface area contributed by atoms with Gasteiger partial charge >= 0.3 is 0 Å². The zero-order chi connectivity index (χ0) is 13.9. The Morgan fingerprint density at radius 3 is 3.25 bits per heavy atom. The maximum atomic E-state index is 12.2. The van der Waals surface area contributed by atoms with Gasteiger partial charge in [-0.2, -0.15) is 0 Å². The topological polar surface area (TPSA) is 83.8 Å². The molecule has 3 rings (SSSR count). The molecule has 0 aliphatic heterocycles. The molecule has 6 nitrogen and oxygen atoms in total. The largest absolute Gasteiger partial charge is 0.444 e. The van der Waals surface area contributed by atoms with E-state index in [1.807, 2.05) is 6.92 Å². The van der Waals surface area contributed by atoms with Gasteiger partial charge in [0.2, 0.25) is 11.8 Å². The van der Waals surface area contributed by atoms with Crippen LogP contribution in [0.4, 0.5) is 0 Å². The molecule has 2 N–H and O–H groups in total. The Hall–Kier alpha value is -2.11. The summed E-state index contributed by atoms with van der Waals surface area (Å²) in [4.78, 5) is 23.6. The van der Waals surface area contributed by atoms with E-state index in [0.717, 1.165) is 42.8 Å². The molecule has 2 aromatic heterocycles. The van der Waals surface area contributed by atoms with Crippen molar-refractivity contribution < 1.29 is 9.21 Å². The van der Waals surface area contributed by atoms with E-state index < -0.39 is 0 Å². The molecule has 6 heteroatoms. The van der Waals surface area contributed by atoms with Gasteiger partial charge in [0.05, 0.1) is 24.8 Å². The molecule has 0 radical (unpaired) electrons. The molecule has 0 spiro atoms. The van der Waals surface area contributed by atoms with Crippen LogP contribution in [0.15, 0.2) is 16.9 Å². The summed E-state index contributed by atoms with van der Waals surface area (Å²) in [5.74, 6) is 1.47. The molecule has 20 heavy (non-hydrogen) atoms. The van der Waals surface area contributed by atoms with E-state index in [0.29, 0.717) is 12.4 Å². The van der Waals surface area contributed by atoms with Crippen LogP contribution in [-0.2, 0) is 30.6 Å². The van der Waals surface area contributed by atoms with Crippen molar-refractivity contribution in [2.24, 2.45) is 5.92 Å². The SMILES string of the molecule is CCc1cnc(CNC(=O)C2CCc3nc[nH]c3C2)o1. The average Bonchev–Trinajstić information content (AvgIpc) is 3.12. The average molecular weight is 274 g/mol. The fraction of sp³-hybridized carbons (Fsp3) is 0.500. The monoisotopic (exact) mass is 274 g/mol. The van der Waals surface area contributed by atoms with E-state index >= 15 is 0 Å². The Bertz CT molecular complexity index is 602. The quantitative estimate of drug-likeness (QED) is 0.882. The van der Waals surface area contributed by atoms with E-state index in [4.69, 9.17) is 4.42 Å². The number of carbonyl (C=O) groups is 1. The first-order valence-corrected chi connectivity index (χ1v) is 6.98. The standard InChI is InChI=1S/C14H18N4O2/c1-2-10-6-15-13(20-10)7-16-14(19)9-3-4-11-12(5-9)18-8-17-11/h6,8-9H,2-5,7H2,1H3,(H,16,19)(H,17,18). The van der Waals surface area contributed by atoms with E-state index in [1.54, 1.807) is 12.5 Å². The number of aromatic nitrogens is 3. The van der Waals surface area contributed by atoms with Crippen LogP contribution in [0, 0.1) is 5.92 Å². The highest BCUT2D eigenvalue weighted by molar-refractivity contribution is 5.79. The van der Waals surface area contributed by atoms with Crippen molar-refractivity contribution in [2.75, 3.05) is 0 Å². The summed E-state index contributed by atoms with van der Waals surface area (Å²) >= 11 is 0. The second-order valence-electron chi connectivity index (χ2n) is 5.06. The van der Waals surface area contributed by atoms with Crippen molar-refractivity contribution in [3.8, 4) is 0 Å². The zero-order valence-corrected chi connectivity index (χ0v) is 11.5. The molecule has 0 aromatic carbocycles. The Morgan fingerprint density at radius 2 is 2.45 bits per heavy atom. The lowest BCUT2D eigenvalue weighted by atomic mass is 9.89. The number of oxazole rings is 1. The summed E-state index contributed by atoms with van der Waals surface area (Å²) < 4.78 is 5.47. The highest BCUT2D eigenvalue weighted by Gasteiger charge is 2.26. The summed E-state index contributed by atoms with van der Waals surface area (Å²) in [6, 6.07) is 0. The molecule has 2 heterocycles. The lowest BCUT2D eigenvalue weighted by Gasteiger charge is -2.20. The Kier molecular flexibility index (Phi) is 3.54. The number of imidazole rings is 1. The number of nitrogens with zero attached hydrogens (tertiary/aromatic N) is 2. The zero-order valence-electron chi connectivity index (χ0n) is 11.5. The van der Waals surface area contributed by atoms with E-state index in [1.165, 1.54) is 0 Å². The van der Waals surface area contributed by atoms with Crippen LogP contribution < -0.4 is 5.32 Å². The summed E-state index contributed by atoms with van der Waals surface area (Å²) in [6.45, 7) is 2.36. The van der Waals surface area contributed by atoms with Gasteiger partial charge in [-0.25, -0.2) is 9.97 Å². The van der Waals surface area contributed by atoms with Gasteiger partial charge in [0.25, 0.3) is 0 Å². The van der Waals surface area contributed by atoms with Crippen molar-refractivity contribution in [1.82, 2.24) is 20.3 Å². The maximum absolute atomic E-state index is 12.2. The van der Waals surface area contributed by atoms with Gasteiger partial charge in [-0.15, -0.1) is 0 Å². The lowest BCUT2D eigenvalue weighted by molar-refractivity contribution is -0.125. The third-order valence-electron chi connectivity index (χ3n) is 3.72. The number of rotatable bonds is 4. The number of nitrogens with one attached hydrogen (secondary N) is 2. The molecule has 1 unspecified atom stereocenters. The number of H-pyrrole nitrogens is 1. The molecule has 2 aromatic rings.